The Bertz CT molecular complexity index is 1550. The summed E-state index contributed by atoms with van der Waals surface area (Å²) < 4.78 is 14.4. The molecule has 0 unspecified atom stereocenters. The summed E-state index contributed by atoms with van der Waals surface area (Å²) in [4.78, 5) is 41.9. The number of ether oxygens (including phenoxy) is 2. The van der Waals surface area contributed by atoms with Gasteiger partial charge in [0.15, 0.2) is 17.7 Å². The highest BCUT2D eigenvalue weighted by atomic mass is 16.6. The van der Waals surface area contributed by atoms with Crippen molar-refractivity contribution < 1.29 is 39.8 Å². The van der Waals surface area contributed by atoms with Gasteiger partial charge in [-0.05, 0) is 25.8 Å². The van der Waals surface area contributed by atoms with Crippen molar-refractivity contribution in [2.24, 2.45) is 5.73 Å². The fraction of sp³-hybridized carbons (Fsp3) is 0.615. The lowest BCUT2D eigenvalue weighted by atomic mass is 10.1. The topological polar surface area (TPSA) is 296 Å². The number of aliphatic hydroxyl groups is 4. The molecule has 2 saturated heterocycles. The summed E-state index contributed by atoms with van der Waals surface area (Å²) in [6.45, 7) is 0.333. The van der Waals surface area contributed by atoms with Crippen LogP contribution in [0.1, 0.15) is 37.3 Å². The highest BCUT2D eigenvalue weighted by Crippen LogP contribution is 2.33. The third-order valence-electron chi connectivity index (χ3n) is 8.19. The number of carboxylic acids is 1. The fourth-order valence-corrected chi connectivity index (χ4v) is 5.62. The smallest absolute Gasteiger partial charge is 0.351 e. The summed E-state index contributed by atoms with van der Waals surface area (Å²) in [5.41, 5.74) is 18.2. The number of aliphatic carboxylic acids is 1. The van der Waals surface area contributed by atoms with E-state index >= 15 is 0 Å². The number of nitrogens with two attached hydrogens (primary N) is 3. The van der Waals surface area contributed by atoms with Gasteiger partial charge >= 0.3 is 11.7 Å². The first kappa shape index (κ1) is 32.6. The summed E-state index contributed by atoms with van der Waals surface area (Å²) in [6, 6.07) is -1.12. The number of hydrogen-bond donors (Lipinski definition) is 8. The maximum atomic E-state index is 12.5. The van der Waals surface area contributed by atoms with Crippen LogP contribution in [0.3, 0.4) is 0 Å². The number of aromatic nitrogens is 6. The molecule has 5 rings (SSSR count). The van der Waals surface area contributed by atoms with Crippen LogP contribution in [-0.2, 0) is 20.7 Å². The van der Waals surface area contributed by atoms with Gasteiger partial charge in [0.05, 0.1) is 19.0 Å². The maximum absolute atomic E-state index is 12.5. The third kappa shape index (κ3) is 6.89. The molecule has 2 aliphatic heterocycles. The summed E-state index contributed by atoms with van der Waals surface area (Å²) in [5.74, 6) is -0.969. The van der Waals surface area contributed by atoms with Crippen molar-refractivity contribution in [2.45, 2.75) is 74.7 Å². The Labute approximate surface area is 255 Å². The first-order chi connectivity index (χ1) is 21.5. The normalized spacial score (nSPS) is 27.5. The number of carbonyl (C=O) groups is 1. The number of rotatable bonds is 13. The lowest BCUT2D eigenvalue weighted by Crippen LogP contribution is -2.43. The van der Waals surface area contributed by atoms with Crippen LogP contribution < -0.4 is 22.9 Å². The zero-order valence-corrected chi connectivity index (χ0v) is 24.2. The number of hydrogen-bond acceptors (Lipinski definition) is 16. The molecule has 0 spiro atoms. The Balaban J connectivity index is 1.27. The Hall–Kier alpha value is -3.82. The van der Waals surface area contributed by atoms with Gasteiger partial charge in [0.1, 0.15) is 54.3 Å². The van der Waals surface area contributed by atoms with Crippen molar-refractivity contribution in [3.8, 4) is 0 Å². The van der Waals surface area contributed by atoms with E-state index in [1.165, 1.54) is 28.0 Å². The van der Waals surface area contributed by atoms with E-state index in [1.54, 1.807) is 0 Å². The Morgan fingerprint density at radius 3 is 2.56 bits per heavy atom. The molecule has 8 atom stereocenters. The van der Waals surface area contributed by atoms with Crippen LogP contribution in [0.2, 0.25) is 0 Å². The van der Waals surface area contributed by atoms with Crippen LogP contribution in [0.25, 0.3) is 11.2 Å². The molecule has 0 aliphatic carbocycles. The zero-order valence-electron chi connectivity index (χ0n) is 24.2. The molecule has 0 saturated carbocycles. The Morgan fingerprint density at radius 2 is 1.84 bits per heavy atom. The summed E-state index contributed by atoms with van der Waals surface area (Å²) >= 11 is 0. The van der Waals surface area contributed by atoms with Crippen molar-refractivity contribution in [2.75, 3.05) is 37.7 Å². The predicted octanol–water partition coefficient (Wildman–Crippen LogP) is -3.46. The number of anilines is 2. The number of fused-ring (bicyclic) bond motifs is 1. The van der Waals surface area contributed by atoms with E-state index in [4.69, 9.17) is 26.7 Å². The molecule has 19 nitrogen and oxygen atoms in total. The van der Waals surface area contributed by atoms with Gasteiger partial charge < -0.3 is 57.1 Å². The van der Waals surface area contributed by atoms with Crippen molar-refractivity contribution in [1.29, 1.82) is 0 Å². The molecule has 0 radical (unpaired) electrons. The van der Waals surface area contributed by atoms with Crippen LogP contribution in [0.15, 0.2) is 23.6 Å². The summed E-state index contributed by atoms with van der Waals surface area (Å²) in [7, 11) is 0. The van der Waals surface area contributed by atoms with Gasteiger partial charge in [-0.1, -0.05) is 0 Å². The molecule has 3 aromatic heterocycles. The van der Waals surface area contributed by atoms with E-state index in [0.29, 0.717) is 36.1 Å². The Morgan fingerprint density at radius 1 is 1.07 bits per heavy atom. The van der Waals surface area contributed by atoms with E-state index in [-0.39, 0.29) is 37.6 Å². The van der Waals surface area contributed by atoms with Crippen LogP contribution >= 0.6 is 0 Å². The standard InChI is InChI=1S/C26H38N10O9/c27-13(25(41)42)3-5-34(4-1-2-12-7-35(26(43)33-21(12)28)17-6-14(38)16(9-37)44-17)8-15-19(39)20(40)24(45-15)36-11-32-18-22(29)30-10-31-23(18)36/h7,10-11,13-17,19-20,24,37-40H,1-6,8-9,27H2,(H,41,42)(H2,28,33,43)(H2,29,30,31)/t13-,14-,15+,16+,17+,19+,20+,24+/m0/s1. The van der Waals surface area contributed by atoms with Crippen LogP contribution in [-0.4, -0.2) is 128 Å². The number of aliphatic hydroxyl groups excluding tert-OH is 4. The van der Waals surface area contributed by atoms with E-state index in [0.717, 1.165) is 0 Å². The molecular formula is C26H38N10O9. The average Bonchev–Trinajstić information content (AvgIpc) is 3.68. The minimum Gasteiger partial charge on any atom is -0.480 e. The maximum Gasteiger partial charge on any atom is 0.351 e. The number of nitrogen functional groups attached to an aromatic ring is 2. The molecule has 45 heavy (non-hydrogen) atoms. The van der Waals surface area contributed by atoms with Gasteiger partial charge in [0.2, 0.25) is 0 Å². The average molecular weight is 635 g/mol. The monoisotopic (exact) mass is 634 g/mol. The molecule has 0 amide bonds. The van der Waals surface area contributed by atoms with E-state index in [2.05, 4.69) is 19.9 Å². The molecular weight excluding hydrogens is 596 g/mol. The quantitative estimate of drug-likeness (QED) is 0.0906. The third-order valence-corrected chi connectivity index (χ3v) is 8.19. The van der Waals surface area contributed by atoms with Crippen LogP contribution in [0, 0.1) is 0 Å². The second kappa shape index (κ2) is 13.7. The zero-order chi connectivity index (χ0) is 32.4. The lowest BCUT2D eigenvalue weighted by Gasteiger charge is -2.27. The van der Waals surface area contributed by atoms with E-state index in [1.807, 2.05) is 4.90 Å². The number of carboxylic acid groups (broad SMARTS) is 1. The second-order valence-electron chi connectivity index (χ2n) is 11.2. The van der Waals surface area contributed by atoms with Gasteiger partial charge in [0.25, 0.3) is 0 Å². The van der Waals surface area contributed by atoms with Crippen molar-refractivity contribution in [3.05, 3.63) is 34.9 Å². The molecule has 2 aliphatic rings. The highest BCUT2D eigenvalue weighted by molar-refractivity contribution is 5.81. The predicted molar refractivity (Wildman–Crippen MR) is 155 cm³/mol. The Kier molecular flexibility index (Phi) is 9.89. The van der Waals surface area contributed by atoms with Crippen LogP contribution in [0.4, 0.5) is 11.6 Å². The van der Waals surface area contributed by atoms with Gasteiger partial charge in [-0.25, -0.2) is 19.7 Å². The molecule has 11 N–H and O–H groups in total. The molecule has 246 valence electrons. The molecule has 19 heteroatoms. The fourth-order valence-electron chi connectivity index (χ4n) is 5.62. The largest absolute Gasteiger partial charge is 0.480 e. The van der Waals surface area contributed by atoms with Gasteiger partial charge in [-0.2, -0.15) is 4.98 Å². The molecule has 0 aromatic carbocycles. The summed E-state index contributed by atoms with van der Waals surface area (Å²) in [5, 5.41) is 50.5. The second-order valence-corrected chi connectivity index (χ2v) is 11.2. The number of aryl methyl sites for hydroxylation is 1. The van der Waals surface area contributed by atoms with Gasteiger partial charge in [-0.3, -0.25) is 13.9 Å². The summed E-state index contributed by atoms with van der Waals surface area (Å²) in [6.07, 6.45) is -1.92. The highest BCUT2D eigenvalue weighted by Gasteiger charge is 2.45. The molecule has 2 fully saturated rings. The van der Waals surface area contributed by atoms with Crippen molar-refractivity contribution in [1.82, 2.24) is 34.0 Å². The van der Waals surface area contributed by atoms with Gasteiger partial charge in [0, 0.05) is 31.3 Å². The van der Waals surface area contributed by atoms with E-state index < -0.39 is 67.3 Å². The van der Waals surface area contributed by atoms with Crippen molar-refractivity contribution in [3.63, 3.8) is 0 Å². The van der Waals surface area contributed by atoms with Crippen molar-refractivity contribution >= 4 is 28.8 Å². The number of nitrogens with zero attached hydrogens (tertiary/aromatic N) is 7. The van der Waals surface area contributed by atoms with E-state index in [9.17, 15) is 35.1 Å². The minimum absolute atomic E-state index is 0.0328. The molecule has 3 aromatic rings. The van der Waals surface area contributed by atoms with Gasteiger partial charge in [-0.15, -0.1) is 0 Å². The van der Waals surface area contributed by atoms with Crippen LogP contribution in [0.5, 0.6) is 0 Å². The number of imidazole rings is 1. The molecule has 0 bridgehead atoms. The first-order valence-corrected chi connectivity index (χ1v) is 14.5. The SMILES string of the molecule is Nc1nc(=O)n([C@H]2C[C@H](O)[C@@H](CO)O2)cc1CCCN(CC[C@H](N)C(=O)O)C[C@H]1O[C@@H](n2cnc3c(N)ncnc32)[C@H](O)[C@@H]1O. The first-order valence-electron chi connectivity index (χ1n) is 14.5. The molecule has 5 heterocycles. The minimum atomic E-state index is -1.33. The lowest BCUT2D eigenvalue weighted by molar-refractivity contribution is -0.138.